The number of anilines is 2. The van der Waals surface area contributed by atoms with Crippen molar-refractivity contribution in [1.29, 1.82) is 0 Å². The van der Waals surface area contributed by atoms with Gasteiger partial charge in [-0.15, -0.1) is 0 Å². The van der Waals surface area contributed by atoms with Crippen LogP contribution in [0.4, 0.5) is 20.2 Å². The lowest BCUT2D eigenvalue weighted by Crippen LogP contribution is -2.52. The number of nitrogens with zero attached hydrogens (tertiary/aromatic N) is 4. The van der Waals surface area contributed by atoms with E-state index in [0.29, 0.717) is 48.3 Å². The average Bonchev–Trinajstić information content (AvgIpc) is 3.54. The molecule has 2 N–H and O–H groups in total. The zero-order valence-corrected chi connectivity index (χ0v) is 32.5. The van der Waals surface area contributed by atoms with Crippen molar-refractivity contribution in [3.8, 4) is 17.2 Å². The lowest BCUT2D eigenvalue weighted by atomic mass is 9.75. The van der Waals surface area contributed by atoms with Crippen LogP contribution in [0, 0.1) is 17.6 Å². The van der Waals surface area contributed by atoms with E-state index in [1.807, 2.05) is 47.4 Å². The summed E-state index contributed by atoms with van der Waals surface area (Å²) in [5.41, 5.74) is 4.82. The number of rotatable bonds is 8. The predicted octanol–water partition coefficient (Wildman–Crippen LogP) is 5.79. The molecule has 5 heterocycles. The van der Waals surface area contributed by atoms with Gasteiger partial charge in [-0.1, -0.05) is 24.3 Å². The van der Waals surface area contributed by atoms with Crippen molar-refractivity contribution < 1.29 is 37.7 Å². The second-order valence-corrected chi connectivity index (χ2v) is 16.2. The summed E-state index contributed by atoms with van der Waals surface area (Å²) in [5, 5.41) is 12.5. The molecule has 0 bridgehead atoms. The fourth-order valence-electron chi connectivity index (χ4n) is 9.65. The van der Waals surface area contributed by atoms with Gasteiger partial charge < -0.3 is 29.3 Å². The number of hydrogen-bond donors (Lipinski definition) is 2. The molecular formula is C45H47F2N5O6. The first-order chi connectivity index (χ1) is 28.1. The Morgan fingerprint density at radius 3 is 2.36 bits per heavy atom. The number of carbonyl (C=O) groups excluding carboxylic acids is 3. The summed E-state index contributed by atoms with van der Waals surface area (Å²) in [4.78, 5) is 45.3. The Balaban J connectivity index is 0.811. The fourth-order valence-corrected chi connectivity index (χ4v) is 9.65. The Kier molecular flexibility index (Phi) is 10.2. The number of methoxy groups -OCH3 is 1. The molecule has 0 radical (unpaired) electrons. The molecule has 11 nitrogen and oxygen atoms in total. The largest absolute Gasteiger partial charge is 0.508 e. The molecule has 0 aliphatic carbocycles. The van der Waals surface area contributed by atoms with Crippen LogP contribution in [0.3, 0.4) is 0 Å². The third kappa shape index (κ3) is 7.20. The highest BCUT2D eigenvalue weighted by Crippen LogP contribution is 2.48. The van der Waals surface area contributed by atoms with E-state index in [9.17, 15) is 19.5 Å². The summed E-state index contributed by atoms with van der Waals surface area (Å²) in [6.07, 6.45) is 2.30. The molecule has 9 rings (SSSR count). The summed E-state index contributed by atoms with van der Waals surface area (Å²) in [5.74, 6) is -0.267. The summed E-state index contributed by atoms with van der Waals surface area (Å²) in [6.45, 7) is 5.86. The van der Waals surface area contributed by atoms with Crippen LogP contribution in [0.5, 0.6) is 17.2 Å². The number of imide groups is 1. The zero-order chi connectivity index (χ0) is 40.1. The summed E-state index contributed by atoms with van der Waals surface area (Å²) < 4.78 is 43.3. The Morgan fingerprint density at radius 1 is 0.828 bits per heavy atom. The molecule has 3 fully saturated rings. The van der Waals surface area contributed by atoms with Gasteiger partial charge in [0.15, 0.2) is 0 Å². The Hall–Kier alpha value is -5.69. The maximum Gasteiger partial charge on any atom is 0.255 e. The number of nitrogens with one attached hydrogen (secondary N) is 1. The first kappa shape index (κ1) is 37.9. The van der Waals surface area contributed by atoms with E-state index >= 15 is 8.78 Å². The number of piperidine rings is 2. The van der Waals surface area contributed by atoms with E-state index < -0.39 is 17.8 Å². The lowest BCUT2D eigenvalue weighted by molar-refractivity contribution is -0.136. The van der Waals surface area contributed by atoms with Crippen LogP contribution in [0.1, 0.15) is 70.1 Å². The van der Waals surface area contributed by atoms with Crippen LogP contribution in [0.15, 0.2) is 72.8 Å². The molecule has 1 unspecified atom stereocenters. The molecule has 13 heteroatoms. The molecule has 5 aliphatic rings. The van der Waals surface area contributed by atoms with Gasteiger partial charge >= 0.3 is 0 Å². The van der Waals surface area contributed by atoms with Crippen molar-refractivity contribution in [2.75, 3.05) is 69.3 Å². The number of hydrogen-bond acceptors (Lipinski definition) is 9. The predicted molar refractivity (Wildman–Crippen MR) is 214 cm³/mol. The van der Waals surface area contributed by atoms with Gasteiger partial charge in [-0.25, -0.2) is 8.78 Å². The normalized spacial score (nSPS) is 22.7. The van der Waals surface area contributed by atoms with Gasteiger partial charge in [0.1, 0.15) is 34.9 Å². The van der Waals surface area contributed by atoms with Crippen molar-refractivity contribution in [3.63, 3.8) is 0 Å². The van der Waals surface area contributed by atoms with Gasteiger partial charge in [0.25, 0.3) is 5.91 Å². The summed E-state index contributed by atoms with van der Waals surface area (Å²) >= 11 is 0. The van der Waals surface area contributed by atoms with E-state index in [0.717, 1.165) is 68.0 Å². The minimum atomic E-state index is -0.739. The number of halogens is 2. The monoisotopic (exact) mass is 791 g/mol. The second kappa shape index (κ2) is 15.6. The van der Waals surface area contributed by atoms with E-state index in [4.69, 9.17) is 9.47 Å². The first-order valence-corrected chi connectivity index (χ1v) is 20.2. The van der Waals surface area contributed by atoms with Gasteiger partial charge in [0.05, 0.1) is 25.1 Å². The lowest BCUT2D eigenvalue weighted by Gasteiger charge is -2.40. The molecule has 4 aromatic rings. The van der Waals surface area contributed by atoms with Gasteiger partial charge in [-0.05, 0) is 84.3 Å². The van der Waals surface area contributed by atoms with E-state index in [-0.39, 0.29) is 60.2 Å². The van der Waals surface area contributed by atoms with E-state index in [1.54, 1.807) is 31.4 Å². The molecule has 4 aromatic carbocycles. The number of piperazine rings is 1. The molecule has 0 aromatic heterocycles. The average molecular weight is 792 g/mol. The number of carbonyl (C=O) groups is 3. The number of phenols is 1. The SMILES string of the molecule is COc1cccc([C@H]2COc3cc(O)ccc3C2c2ccc(N3CCC(CN4CCN(c5cc6c(cc5F)C(=O)N([C@H]5CCC(=O)NC5=O)C6)CC4)CC3)c(F)c2)c1. The van der Waals surface area contributed by atoms with Crippen molar-refractivity contribution in [3.05, 3.63) is 112 Å². The van der Waals surface area contributed by atoms with Crippen molar-refractivity contribution in [2.24, 2.45) is 5.92 Å². The molecule has 302 valence electrons. The first-order valence-electron chi connectivity index (χ1n) is 20.2. The van der Waals surface area contributed by atoms with Gasteiger partial charge in [-0.3, -0.25) is 24.6 Å². The van der Waals surface area contributed by atoms with Crippen molar-refractivity contribution >= 4 is 29.1 Å². The van der Waals surface area contributed by atoms with E-state index in [1.165, 1.54) is 11.0 Å². The molecule has 58 heavy (non-hydrogen) atoms. The third-order valence-corrected chi connectivity index (χ3v) is 12.8. The Bertz CT molecular complexity index is 2250. The van der Waals surface area contributed by atoms with Gasteiger partial charge in [-0.2, -0.15) is 0 Å². The number of phenolic OH excluding ortho intramolecular Hbond substituents is 1. The van der Waals surface area contributed by atoms with E-state index in [2.05, 4.69) is 15.1 Å². The van der Waals surface area contributed by atoms with Gasteiger partial charge in [0, 0.05) is 87.8 Å². The number of fused-ring (bicyclic) bond motifs is 2. The molecule has 3 atom stereocenters. The molecular weight excluding hydrogens is 745 g/mol. The third-order valence-electron chi connectivity index (χ3n) is 12.8. The van der Waals surface area contributed by atoms with Crippen LogP contribution < -0.4 is 24.6 Å². The summed E-state index contributed by atoms with van der Waals surface area (Å²) in [6, 6.07) is 20.9. The molecule has 3 saturated heterocycles. The quantitative estimate of drug-likeness (QED) is 0.214. The van der Waals surface area contributed by atoms with Crippen LogP contribution in [-0.2, 0) is 16.1 Å². The van der Waals surface area contributed by atoms with Gasteiger partial charge in [0.2, 0.25) is 11.8 Å². The van der Waals surface area contributed by atoms with Crippen LogP contribution in [0.25, 0.3) is 0 Å². The van der Waals surface area contributed by atoms with Crippen LogP contribution in [0.2, 0.25) is 0 Å². The number of ether oxygens (including phenoxy) is 2. The highest BCUT2D eigenvalue weighted by Gasteiger charge is 2.40. The number of benzene rings is 4. The number of amides is 3. The highest BCUT2D eigenvalue weighted by atomic mass is 19.1. The molecule has 3 amide bonds. The maximum atomic E-state index is 16.2. The number of aromatic hydroxyl groups is 1. The minimum Gasteiger partial charge on any atom is -0.508 e. The van der Waals surface area contributed by atoms with Crippen LogP contribution >= 0.6 is 0 Å². The Morgan fingerprint density at radius 2 is 1.60 bits per heavy atom. The zero-order valence-electron chi connectivity index (χ0n) is 32.5. The minimum absolute atomic E-state index is 0.0917. The molecule has 0 spiro atoms. The Labute approximate surface area is 336 Å². The topological polar surface area (TPSA) is 115 Å². The van der Waals surface area contributed by atoms with Crippen molar-refractivity contribution in [1.82, 2.24) is 15.1 Å². The smallest absolute Gasteiger partial charge is 0.255 e. The fraction of sp³-hybridized carbons (Fsp3) is 0.400. The molecule has 0 saturated carbocycles. The van der Waals surface area contributed by atoms with Crippen LogP contribution in [-0.4, -0.2) is 98.2 Å². The standard InChI is InChI=1S/C45H47F2N5O6/c1-57-32-4-2-3-28(19-32)35-26-58-41-22-31(53)6-7-33(41)43(35)29-5-8-38(36(46)20-29)50-13-11-27(12-14-50)24-49-15-17-51(18-16-49)40-21-30-25-52(45(56)34(30)23-37(40)47)39-9-10-42(54)48-44(39)55/h2-8,19-23,27,35,39,43,53H,9-18,24-26H2,1H3,(H,48,54,55)/t35-,39+,43?/m1/s1. The molecule has 5 aliphatic heterocycles. The highest BCUT2D eigenvalue weighted by molar-refractivity contribution is 6.05. The second-order valence-electron chi connectivity index (χ2n) is 16.2. The maximum absolute atomic E-state index is 16.2. The summed E-state index contributed by atoms with van der Waals surface area (Å²) in [7, 11) is 1.64. The van der Waals surface area contributed by atoms with Crippen molar-refractivity contribution in [2.45, 2.75) is 50.1 Å².